The predicted octanol–water partition coefficient (Wildman–Crippen LogP) is 4.52. The van der Waals surface area contributed by atoms with Crippen LogP contribution < -0.4 is 0 Å². The summed E-state index contributed by atoms with van der Waals surface area (Å²) in [5.74, 6) is 0. The maximum Gasteiger partial charge on any atom is 0.0371 e. The van der Waals surface area contributed by atoms with E-state index in [0.717, 1.165) is 0 Å². The van der Waals surface area contributed by atoms with Crippen molar-refractivity contribution in [2.24, 2.45) is 0 Å². The Morgan fingerprint density at radius 2 is 0.576 bits per heavy atom. The standard InChI is InChI=1S/2C9H15Si.8CH3.4H3Si.Zr/c2*1-10(2,3)8-9-6-4-5-7-9;;;;;;;;;;;;;/h2*4-7H,8H2,1-3H3;12*1H3;/q10*-1;;;;;. The van der Waals surface area contributed by atoms with Crippen molar-refractivity contribution in [3.8, 4) is 0 Å². The van der Waals surface area contributed by atoms with Gasteiger partial charge >= 0.3 is 0 Å². The van der Waals surface area contributed by atoms with Crippen molar-refractivity contribution in [3.05, 3.63) is 119 Å². The summed E-state index contributed by atoms with van der Waals surface area (Å²) < 4.78 is 0. The molecule has 0 aliphatic heterocycles. The first-order valence-electron chi connectivity index (χ1n) is 7.57. The molecule has 0 fully saturated rings. The molecular weight excluding hydrogens is 572 g/mol. The van der Waals surface area contributed by atoms with Crippen LogP contribution >= 0.6 is 0 Å². The summed E-state index contributed by atoms with van der Waals surface area (Å²) in [5, 5.41) is 0. The Kier molecular flexibility index (Phi) is 102. The summed E-state index contributed by atoms with van der Waals surface area (Å²) in [7, 11) is -1.72. The van der Waals surface area contributed by atoms with E-state index in [1.54, 1.807) is 0 Å². The molecule has 0 atom stereocenters. The predicted molar refractivity (Wildman–Crippen MR) is 189 cm³/mol. The quantitative estimate of drug-likeness (QED) is 0.342. The van der Waals surface area contributed by atoms with E-state index in [1.165, 1.54) is 23.2 Å². The fourth-order valence-corrected chi connectivity index (χ4v) is 5.21. The molecule has 0 nitrogen and oxygen atoms in total. The third kappa shape index (κ3) is 50.7. The van der Waals surface area contributed by atoms with Gasteiger partial charge < -0.3 is 59.4 Å². The fraction of sp³-hybridized carbons (Fsp3) is 0.308. The maximum atomic E-state index is 2.40. The maximum absolute atomic E-state index is 2.40. The molecule has 0 spiro atoms. The van der Waals surface area contributed by atoms with Crippen LogP contribution in [-0.4, -0.2) is 60.0 Å². The van der Waals surface area contributed by atoms with Crippen LogP contribution in [0.25, 0.3) is 0 Å². The zero-order valence-corrected chi connectivity index (χ0v) is 39.0. The molecule has 0 saturated heterocycles. The SMILES string of the molecule is C[Si](C)(C)C[c-]1cccc1.C[Si](C)(C)C[c-]1cccc1.[CH3-].[CH3-].[CH3-].[CH3-].[CH3-].[CH3-].[CH3-].[CH3-].[SiH3].[SiH3].[SiH3].[SiH3].[Zr]. The van der Waals surface area contributed by atoms with Crippen molar-refractivity contribution in [2.45, 2.75) is 51.4 Å². The molecule has 2 rings (SSSR count). The van der Waals surface area contributed by atoms with E-state index in [4.69, 9.17) is 0 Å². The molecule has 0 saturated carbocycles. The second kappa shape index (κ2) is 40.1. The van der Waals surface area contributed by atoms with Crippen LogP contribution in [0.2, 0.25) is 39.3 Å². The van der Waals surface area contributed by atoms with Gasteiger partial charge in [0.25, 0.3) is 0 Å². The Labute approximate surface area is 254 Å². The molecular formula is C26H66Si6Zr-10. The van der Waals surface area contributed by atoms with Gasteiger partial charge in [-0.05, 0) is 43.9 Å². The minimum atomic E-state index is -0.862. The van der Waals surface area contributed by atoms with Gasteiger partial charge in [-0.15, -0.1) is 0 Å². The zero-order valence-electron chi connectivity index (χ0n) is 26.5. The minimum Gasteiger partial charge on any atom is -0.358 e. The first-order valence-corrected chi connectivity index (χ1v) is 15.0. The van der Waals surface area contributed by atoms with E-state index in [9.17, 15) is 0 Å². The Hall–Kier alpha value is 0.884. The Balaban J connectivity index is -0.0000000158. The third-order valence-corrected chi connectivity index (χ3v) is 5.87. The van der Waals surface area contributed by atoms with Crippen LogP contribution in [0.1, 0.15) is 11.1 Å². The van der Waals surface area contributed by atoms with E-state index >= 15 is 0 Å². The average molecular weight is 639 g/mol. The van der Waals surface area contributed by atoms with Gasteiger partial charge in [-0.2, -0.15) is 35.4 Å². The third-order valence-electron chi connectivity index (χ3n) is 2.93. The van der Waals surface area contributed by atoms with E-state index in [0.29, 0.717) is 0 Å². The summed E-state index contributed by atoms with van der Waals surface area (Å²) in [4.78, 5) is 0. The number of hydrogen-bond acceptors (Lipinski definition) is 0. The summed E-state index contributed by atoms with van der Waals surface area (Å²) in [6.07, 6.45) is 0. The van der Waals surface area contributed by atoms with Crippen LogP contribution in [0.15, 0.2) is 48.5 Å². The molecule has 33 heavy (non-hydrogen) atoms. The minimum absolute atomic E-state index is 0. The number of rotatable bonds is 4. The topological polar surface area (TPSA) is 0 Å². The van der Waals surface area contributed by atoms with Crippen LogP contribution in [0.3, 0.4) is 0 Å². The summed E-state index contributed by atoms with van der Waals surface area (Å²) in [6.45, 7) is 14.4. The van der Waals surface area contributed by atoms with Gasteiger partial charge in [0.05, 0.1) is 0 Å². The van der Waals surface area contributed by atoms with Crippen molar-refractivity contribution < 1.29 is 26.2 Å². The summed E-state index contributed by atoms with van der Waals surface area (Å²) in [6, 6.07) is 20.0. The molecule has 4 radical (unpaired) electrons. The molecule has 0 heterocycles. The van der Waals surface area contributed by atoms with Crippen molar-refractivity contribution in [1.29, 1.82) is 0 Å². The van der Waals surface area contributed by atoms with E-state index in [-0.39, 0.29) is 129 Å². The van der Waals surface area contributed by atoms with E-state index in [1.807, 2.05) is 0 Å². The van der Waals surface area contributed by atoms with E-state index < -0.39 is 16.1 Å². The molecule has 2 aromatic rings. The first kappa shape index (κ1) is 84.0. The van der Waals surface area contributed by atoms with Crippen LogP contribution in [0.4, 0.5) is 0 Å². The number of hydrogen-bond donors (Lipinski definition) is 0. The molecule has 208 valence electrons. The molecule has 0 N–H and O–H groups in total. The smallest absolute Gasteiger partial charge is 0.0371 e. The Morgan fingerprint density at radius 3 is 0.697 bits per heavy atom. The normalized spacial score (nSPS) is 7.21. The molecule has 0 aromatic heterocycles. The van der Waals surface area contributed by atoms with Crippen molar-refractivity contribution in [2.75, 3.05) is 0 Å². The molecule has 0 aliphatic carbocycles. The van der Waals surface area contributed by atoms with Gasteiger partial charge in [-0.3, -0.25) is 0 Å². The summed E-state index contributed by atoms with van der Waals surface area (Å²) >= 11 is 0. The van der Waals surface area contributed by atoms with Crippen molar-refractivity contribution >= 4 is 60.0 Å². The summed E-state index contributed by atoms with van der Waals surface area (Å²) in [5.41, 5.74) is 3.03. The van der Waals surface area contributed by atoms with Gasteiger partial charge in [0.15, 0.2) is 0 Å². The monoisotopic (exact) mass is 636 g/mol. The largest absolute Gasteiger partial charge is 0.358 e. The fourth-order valence-electron chi connectivity index (χ4n) is 2.29. The van der Waals surface area contributed by atoms with Gasteiger partial charge in [-0.25, -0.2) is 24.3 Å². The van der Waals surface area contributed by atoms with Gasteiger partial charge in [0.2, 0.25) is 0 Å². The van der Waals surface area contributed by atoms with Crippen LogP contribution in [-0.2, 0) is 38.3 Å². The Morgan fingerprint density at radius 1 is 0.424 bits per heavy atom. The van der Waals surface area contributed by atoms with Crippen LogP contribution in [0.5, 0.6) is 0 Å². The second-order valence-electron chi connectivity index (χ2n) is 8.06. The molecule has 0 unspecified atom stereocenters. The average Bonchev–Trinajstić information content (AvgIpc) is 2.87. The molecule has 0 bridgehead atoms. The Bertz CT molecular complexity index is 424. The molecule has 7 heteroatoms. The van der Waals surface area contributed by atoms with Gasteiger partial charge in [0, 0.05) is 42.4 Å². The second-order valence-corrected chi connectivity index (χ2v) is 19.0. The van der Waals surface area contributed by atoms with Crippen molar-refractivity contribution in [1.82, 2.24) is 0 Å². The van der Waals surface area contributed by atoms with Gasteiger partial charge in [0.1, 0.15) is 0 Å². The molecule has 0 aliphatic rings. The van der Waals surface area contributed by atoms with Crippen LogP contribution in [0, 0.1) is 59.4 Å². The molecule has 2 aromatic carbocycles. The van der Waals surface area contributed by atoms with Crippen molar-refractivity contribution in [3.63, 3.8) is 0 Å². The van der Waals surface area contributed by atoms with E-state index in [2.05, 4.69) is 87.8 Å². The van der Waals surface area contributed by atoms with Gasteiger partial charge in [-0.1, -0.05) is 51.4 Å². The first-order chi connectivity index (χ1) is 9.16. The molecule has 0 amide bonds. The zero-order chi connectivity index (χ0) is 15.2.